The fraction of sp³-hybridized carbons (Fsp3) is 0.222. The summed E-state index contributed by atoms with van der Waals surface area (Å²) < 4.78 is 0. The van der Waals surface area contributed by atoms with E-state index in [-0.39, 0.29) is 5.78 Å². The summed E-state index contributed by atoms with van der Waals surface area (Å²) in [6, 6.07) is 1.78. The minimum Gasteiger partial charge on any atom is -0.334 e. The van der Waals surface area contributed by atoms with Crippen molar-refractivity contribution in [3.63, 3.8) is 0 Å². The van der Waals surface area contributed by atoms with Crippen LogP contribution in [0.15, 0.2) is 18.5 Å². The molecule has 2 heterocycles. The third-order valence-electron chi connectivity index (χ3n) is 1.87. The van der Waals surface area contributed by atoms with Crippen LogP contribution < -0.4 is 0 Å². The van der Waals surface area contributed by atoms with E-state index in [1.54, 1.807) is 18.5 Å². The summed E-state index contributed by atoms with van der Waals surface area (Å²) in [7, 11) is 0. The van der Waals surface area contributed by atoms with Crippen molar-refractivity contribution in [3.8, 4) is 0 Å². The summed E-state index contributed by atoms with van der Waals surface area (Å²) in [4.78, 5) is 22.3. The average molecular weight is 175 g/mol. The molecular formula is C9H9N3O. The van der Waals surface area contributed by atoms with Crippen LogP contribution in [0.5, 0.6) is 0 Å². The molecule has 0 saturated heterocycles. The van der Waals surface area contributed by atoms with Gasteiger partial charge in [0.1, 0.15) is 0 Å². The molecule has 2 aromatic heterocycles. The van der Waals surface area contributed by atoms with Crippen LogP contribution in [0.2, 0.25) is 0 Å². The first-order valence-electron chi connectivity index (χ1n) is 4.14. The number of carbonyl (C=O) groups excluding carboxylic acids is 1. The second-order valence-corrected chi connectivity index (χ2v) is 2.75. The Balaban J connectivity index is 2.56. The fourth-order valence-electron chi connectivity index (χ4n) is 1.16. The van der Waals surface area contributed by atoms with E-state index in [4.69, 9.17) is 0 Å². The third kappa shape index (κ3) is 1.30. The molecule has 2 aromatic rings. The van der Waals surface area contributed by atoms with Crippen molar-refractivity contribution in [2.75, 3.05) is 0 Å². The van der Waals surface area contributed by atoms with Crippen LogP contribution in [-0.4, -0.2) is 20.7 Å². The molecule has 0 aliphatic carbocycles. The number of H-pyrrole nitrogens is 1. The number of aromatic nitrogens is 3. The molecule has 13 heavy (non-hydrogen) atoms. The SMILES string of the molecule is CCC(=O)c1nc2ccncc2[nH]1. The summed E-state index contributed by atoms with van der Waals surface area (Å²) in [5.74, 6) is 0.446. The number of nitrogens with zero attached hydrogens (tertiary/aromatic N) is 2. The highest BCUT2D eigenvalue weighted by Gasteiger charge is 2.08. The number of aromatic amines is 1. The van der Waals surface area contributed by atoms with Gasteiger partial charge in [0.2, 0.25) is 0 Å². The Kier molecular flexibility index (Phi) is 1.81. The normalized spacial score (nSPS) is 10.5. The Morgan fingerprint density at radius 1 is 1.62 bits per heavy atom. The molecule has 0 amide bonds. The molecule has 0 bridgehead atoms. The van der Waals surface area contributed by atoms with Gasteiger partial charge in [-0.25, -0.2) is 4.98 Å². The Hall–Kier alpha value is -1.71. The standard InChI is InChI=1S/C9H9N3O/c1-2-8(13)9-11-6-3-4-10-5-7(6)12-9/h3-5H,2H2,1H3,(H,11,12). The van der Waals surface area contributed by atoms with Gasteiger partial charge in [0, 0.05) is 12.6 Å². The lowest BCUT2D eigenvalue weighted by molar-refractivity contribution is 0.0979. The van der Waals surface area contributed by atoms with E-state index in [9.17, 15) is 4.79 Å². The zero-order valence-electron chi connectivity index (χ0n) is 7.24. The number of hydrogen-bond acceptors (Lipinski definition) is 3. The topological polar surface area (TPSA) is 58.6 Å². The van der Waals surface area contributed by atoms with Crippen LogP contribution in [0.25, 0.3) is 11.0 Å². The molecule has 0 aromatic carbocycles. The molecule has 0 saturated carbocycles. The summed E-state index contributed by atoms with van der Waals surface area (Å²) in [5, 5.41) is 0. The Labute approximate surface area is 75.0 Å². The van der Waals surface area contributed by atoms with Gasteiger partial charge in [0.15, 0.2) is 11.6 Å². The average Bonchev–Trinajstić information content (AvgIpc) is 2.59. The number of Topliss-reactive ketones (excluding diaryl/α,β-unsaturated/α-hetero) is 1. The van der Waals surface area contributed by atoms with Gasteiger partial charge in [-0.1, -0.05) is 6.92 Å². The van der Waals surface area contributed by atoms with Crippen molar-refractivity contribution < 1.29 is 4.79 Å². The molecule has 66 valence electrons. The molecule has 2 rings (SSSR count). The second-order valence-electron chi connectivity index (χ2n) is 2.75. The molecule has 0 aliphatic heterocycles. The highest BCUT2D eigenvalue weighted by molar-refractivity contribution is 5.95. The Bertz CT molecular complexity index is 414. The first-order valence-corrected chi connectivity index (χ1v) is 4.14. The van der Waals surface area contributed by atoms with Gasteiger partial charge < -0.3 is 4.98 Å². The van der Waals surface area contributed by atoms with E-state index >= 15 is 0 Å². The Morgan fingerprint density at radius 3 is 3.15 bits per heavy atom. The van der Waals surface area contributed by atoms with E-state index in [1.165, 1.54) is 0 Å². The summed E-state index contributed by atoms with van der Waals surface area (Å²) >= 11 is 0. The summed E-state index contributed by atoms with van der Waals surface area (Å²) in [6.07, 6.45) is 3.78. The van der Waals surface area contributed by atoms with Crippen molar-refractivity contribution in [3.05, 3.63) is 24.3 Å². The van der Waals surface area contributed by atoms with Gasteiger partial charge in [-0.05, 0) is 6.07 Å². The van der Waals surface area contributed by atoms with Crippen molar-refractivity contribution in [1.29, 1.82) is 0 Å². The number of nitrogens with one attached hydrogen (secondary N) is 1. The first-order chi connectivity index (χ1) is 6.31. The molecule has 0 spiro atoms. The van der Waals surface area contributed by atoms with Crippen molar-refractivity contribution in [2.24, 2.45) is 0 Å². The molecule has 0 aliphatic rings. The predicted octanol–water partition coefficient (Wildman–Crippen LogP) is 1.55. The molecule has 0 fully saturated rings. The van der Waals surface area contributed by atoms with Gasteiger partial charge in [0.05, 0.1) is 17.2 Å². The summed E-state index contributed by atoms with van der Waals surface area (Å²) in [5.41, 5.74) is 1.59. The predicted molar refractivity (Wildman–Crippen MR) is 48.5 cm³/mol. The van der Waals surface area contributed by atoms with Gasteiger partial charge in [0.25, 0.3) is 0 Å². The monoisotopic (exact) mass is 175 g/mol. The lowest BCUT2D eigenvalue weighted by Gasteiger charge is -1.86. The highest BCUT2D eigenvalue weighted by Crippen LogP contribution is 2.09. The summed E-state index contributed by atoms with van der Waals surface area (Å²) in [6.45, 7) is 1.81. The molecule has 0 radical (unpaired) electrons. The number of rotatable bonds is 2. The van der Waals surface area contributed by atoms with Crippen molar-refractivity contribution >= 4 is 16.8 Å². The number of ketones is 1. The quantitative estimate of drug-likeness (QED) is 0.704. The lowest BCUT2D eigenvalue weighted by Crippen LogP contribution is -1.98. The van der Waals surface area contributed by atoms with E-state index < -0.39 is 0 Å². The van der Waals surface area contributed by atoms with E-state index in [1.807, 2.05) is 6.92 Å². The number of carbonyl (C=O) groups is 1. The zero-order valence-corrected chi connectivity index (χ0v) is 7.24. The number of fused-ring (bicyclic) bond motifs is 1. The van der Waals surface area contributed by atoms with Gasteiger partial charge in [-0.15, -0.1) is 0 Å². The number of imidazole rings is 1. The molecule has 4 nitrogen and oxygen atoms in total. The first kappa shape index (κ1) is 7.91. The maximum Gasteiger partial charge on any atom is 0.197 e. The van der Waals surface area contributed by atoms with E-state index in [0.717, 1.165) is 11.0 Å². The maximum atomic E-state index is 11.3. The van der Waals surface area contributed by atoms with Crippen LogP contribution in [0.1, 0.15) is 24.0 Å². The minimum atomic E-state index is 0.0243. The molecule has 1 N–H and O–H groups in total. The van der Waals surface area contributed by atoms with Crippen LogP contribution in [-0.2, 0) is 0 Å². The molecule has 0 unspecified atom stereocenters. The van der Waals surface area contributed by atoms with Crippen LogP contribution in [0, 0.1) is 0 Å². The highest BCUT2D eigenvalue weighted by atomic mass is 16.1. The fourth-order valence-corrected chi connectivity index (χ4v) is 1.16. The maximum absolute atomic E-state index is 11.3. The number of hydrogen-bond donors (Lipinski definition) is 1. The van der Waals surface area contributed by atoms with E-state index in [0.29, 0.717) is 12.2 Å². The van der Waals surface area contributed by atoms with Crippen LogP contribution in [0.4, 0.5) is 0 Å². The smallest absolute Gasteiger partial charge is 0.197 e. The molecular weight excluding hydrogens is 166 g/mol. The van der Waals surface area contributed by atoms with E-state index in [2.05, 4.69) is 15.0 Å². The van der Waals surface area contributed by atoms with Crippen LogP contribution in [0.3, 0.4) is 0 Å². The Morgan fingerprint density at radius 2 is 2.46 bits per heavy atom. The second kappa shape index (κ2) is 2.97. The van der Waals surface area contributed by atoms with Crippen molar-refractivity contribution in [2.45, 2.75) is 13.3 Å². The van der Waals surface area contributed by atoms with Gasteiger partial charge in [-0.2, -0.15) is 0 Å². The lowest BCUT2D eigenvalue weighted by atomic mass is 10.3. The molecule has 4 heteroatoms. The van der Waals surface area contributed by atoms with Gasteiger partial charge in [-0.3, -0.25) is 9.78 Å². The molecule has 0 atom stereocenters. The zero-order chi connectivity index (χ0) is 9.26. The van der Waals surface area contributed by atoms with Crippen LogP contribution >= 0.6 is 0 Å². The van der Waals surface area contributed by atoms with Gasteiger partial charge >= 0.3 is 0 Å². The van der Waals surface area contributed by atoms with Crippen molar-refractivity contribution in [1.82, 2.24) is 15.0 Å². The number of pyridine rings is 1. The third-order valence-corrected chi connectivity index (χ3v) is 1.87. The largest absolute Gasteiger partial charge is 0.334 e. The minimum absolute atomic E-state index is 0.0243.